The number of rotatable bonds is 6. The first kappa shape index (κ1) is 20.2. The second kappa shape index (κ2) is 9.59. The Morgan fingerprint density at radius 1 is 1.21 bits per heavy atom. The molecule has 0 radical (unpaired) electrons. The van der Waals surface area contributed by atoms with Crippen LogP contribution in [0.2, 0.25) is 0 Å². The van der Waals surface area contributed by atoms with Crippen LogP contribution in [0.5, 0.6) is 5.75 Å². The van der Waals surface area contributed by atoms with E-state index in [-0.39, 0.29) is 0 Å². The van der Waals surface area contributed by atoms with Crippen LogP contribution in [0.25, 0.3) is 0 Å². The van der Waals surface area contributed by atoms with E-state index >= 15 is 0 Å². The quantitative estimate of drug-likeness (QED) is 0.609. The van der Waals surface area contributed by atoms with Crippen LogP contribution in [0.4, 0.5) is 0 Å². The molecule has 0 bridgehead atoms. The van der Waals surface area contributed by atoms with E-state index in [0.29, 0.717) is 6.61 Å². The maximum Gasteiger partial charge on any atom is 0.194 e. The largest absolute Gasteiger partial charge is 0.494 e. The van der Waals surface area contributed by atoms with Gasteiger partial charge < -0.3 is 19.5 Å². The minimum absolute atomic E-state index is 0.688. The van der Waals surface area contributed by atoms with Crippen LogP contribution in [0.1, 0.15) is 29.5 Å². The highest BCUT2D eigenvalue weighted by Gasteiger charge is 2.20. The first-order valence-corrected chi connectivity index (χ1v) is 9.91. The average molecular weight is 386 g/mol. The normalized spacial score (nSPS) is 15.7. The van der Waals surface area contributed by atoms with Gasteiger partial charge in [-0.25, -0.2) is 0 Å². The summed E-state index contributed by atoms with van der Waals surface area (Å²) >= 11 is 0. The van der Waals surface area contributed by atoms with Crippen molar-refractivity contribution in [1.82, 2.24) is 20.3 Å². The van der Waals surface area contributed by atoms with Crippen molar-refractivity contribution in [2.24, 2.45) is 4.99 Å². The number of nitrogens with zero attached hydrogens (tertiary/aromatic N) is 4. The van der Waals surface area contributed by atoms with E-state index in [9.17, 15) is 0 Å². The van der Waals surface area contributed by atoms with E-state index in [1.165, 1.54) is 5.56 Å². The van der Waals surface area contributed by atoms with Gasteiger partial charge in [-0.1, -0.05) is 17.3 Å². The molecule has 1 aliphatic rings. The minimum atomic E-state index is 0.688. The van der Waals surface area contributed by atoms with Gasteiger partial charge in [0.2, 0.25) is 0 Å². The molecule has 2 aromatic rings. The summed E-state index contributed by atoms with van der Waals surface area (Å²) < 4.78 is 10.8. The van der Waals surface area contributed by atoms with Crippen LogP contribution in [0, 0.1) is 13.8 Å². The van der Waals surface area contributed by atoms with Gasteiger partial charge in [-0.3, -0.25) is 9.89 Å². The Kier molecular flexibility index (Phi) is 6.92. The van der Waals surface area contributed by atoms with Gasteiger partial charge in [0.1, 0.15) is 11.5 Å². The van der Waals surface area contributed by atoms with Gasteiger partial charge in [-0.05, 0) is 38.0 Å². The fourth-order valence-corrected chi connectivity index (χ4v) is 3.49. The molecule has 2 heterocycles. The van der Waals surface area contributed by atoms with Gasteiger partial charge in [0.05, 0.1) is 12.3 Å². The molecular formula is C21H31N5O2. The Balaban J connectivity index is 1.49. The first-order chi connectivity index (χ1) is 13.6. The molecule has 152 valence electrons. The summed E-state index contributed by atoms with van der Waals surface area (Å²) in [6.07, 6.45) is 0. The Labute approximate surface area is 167 Å². The highest BCUT2D eigenvalue weighted by Crippen LogP contribution is 2.19. The summed E-state index contributed by atoms with van der Waals surface area (Å²) in [5.41, 5.74) is 3.38. The molecular weight excluding hydrogens is 354 g/mol. The maximum atomic E-state index is 5.62. The van der Waals surface area contributed by atoms with Crippen molar-refractivity contribution < 1.29 is 9.26 Å². The molecule has 0 unspecified atom stereocenters. The third-order valence-corrected chi connectivity index (χ3v) is 4.94. The number of hydrogen-bond donors (Lipinski definition) is 1. The van der Waals surface area contributed by atoms with Gasteiger partial charge >= 0.3 is 0 Å². The number of ether oxygens (including phenoxy) is 1. The number of nitrogens with one attached hydrogen (secondary N) is 1. The zero-order valence-electron chi connectivity index (χ0n) is 17.4. The number of hydrogen-bond acceptors (Lipinski definition) is 5. The van der Waals surface area contributed by atoms with Gasteiger partial charge in [-0.2, -0.15) is 0 Å². The number of guanidine groups is 1. The molecule has 1 aromatic heterocycles. The molecule has 1 N–H and O–H groups in total. The van der Waals surface area contributed by atoms with Gasteiger partial charge in [0.15, 0.2) is 5.96 Å². The SMILES string of the molecule is CCOc1ccc(CNC(=NC)N2CCN(Cc3cc(C)on3)CC2)cc1C. The van der Waals surface area contributed by atoms with Crippen molar-refractivity contribution >= 4 is 5.96 Å². The summed E-state index contributed by atoms with van der Waals surface area (Å²) in [5, 5.41) is 7.58. The second-order valence-electron chi connectivity index (χ2n) is 7.13. The zero-order valence-corrected chi connectivity index (χ0v) is 17.4. The highest BCUT2D eigenvalue weighted by molar-refractivity contribution is 5.80. The van der Waals surface area contributed by atoms with Crippen LogP contribution in [-0.2, 0) is 13.1 Å². The smallest absolute Gasteiger partial charge is 0.194 e. The van der Waals surface area contributed by atoms with Crippen LogP contribution < -0.4 is 10.1 Å². The molecule has 7 heteroatoms. The lowest BCUT2D eigenvalue weighted by atomic mass is 10.1. The Hall–Kier alpha value is -2.54. The second-order valence-corrected chi connectivity index (χ2v) is 7.13. The van der Waals surface area contributed by atoms with Gasteiger partial charge in [0.25, 0.3) is 0 Å². The van der Waals surface area contributed by atoms with Crippen LogP contribution in [0.3, 0.4) is 0 Å². The Morgan fingerprint density at radius 3 is 2.61 bits per heavy atom. The van der Waals surface area contributed by atoms with Gasteiger partial charge in [0, 0.05) is 52.4 Å². The number of aromatic nitrogens is 1. The van der Waals surface area contributed by atoms with Crippen molar-refractivity contribution in [3.63, 3.8) is 0 Å². The molecule has 7 nitrogen and oxygen atoms in total. The van der Waals surface area contributed by atoms with Crippen molar-refractivity contribution in [1.29, 1.82) is 0 Å². The van der Waals surface area contributed by atoms with E-state index in [4.69, 9.17) is 9.26 Å². The summed E-state index contributed by atoms with van der Waals surface area (Å²) in [7, 11) is 1.84. The molecule has 1 saturated heterocycles. The average Bonchev–Trinajstić information content (AvgIpc) is 3.10. The monoisotopic (exact) mass is 385 g/mol. The number of aliphatic imine (C=N–C) groups is 1. The van der Waals surface area contributed by atoms with Crippen molar-refractivity contribution in [2.75, 3.05) is 39.8 Å². The highest BCUT2D eigenvalue weighted by atomic mass is 16.5. The summed E-state index contributed by atoms with van der Waals surface area (Å²) in [6, 6.07) is 8.33. The van der Waals surface area contributed by atoms with E-state index in [0.717, 1.165) is 68.0 Å². The Bertz CT molecular complexity index is 794. The summed E-state index contributed by atoms with van der Waals surface area (Å²) in [5.74, 6) is 2.76. The molecule has 0 atom stereocenters. The lowest BCUT2D eigenvalue weighted by Gasteiger charge is -2.36. The predicted octanol–water partition coefficient (Wildman–Crippen LogP) is 2.58. The summed E-state index contributed by atoms with van der Waals surface area (Å²) in [4.78, 5) is 9.18. The molecule has 3 rings (SSSR count). The molecule has 0 spiro atoms. The maximum absolute atomic E-state index is 5.62. The standard InChI is InChI=1S/C21H31N5O2/c1-5-27-20-7-6-18(12-16(20)2)14-23-21(22-4)26-10-8-25(9-11-26)15-19-13-17(3)28-24-19/h6-7,12-13H,5,8-11,14-15H2,1-4H3,(H,22,23). The Morgan fingerprint density at radius 2 is 2.00 bits per heavy atom. The predicted molar refractivity (Wildman–Crippen MR) is 111 cm³/mol. The molecule has 0 amide bonds. The number of benzene rings is 1. The van der Waals surface area contributed by atoms with Gasteiger partial charge in [-0.15, -0.1) is 0 Å². The summed E-state index contributed by atoms with van der Waals surface area (Å²) in [6.45, 7) is 12.1. The van der Waals surface area contributed by atoms with Crippen molar-refractivity contribution in [2.45, 2.75) is 33.9 Å². The van der Waals surface area contributed by atoms with E-state index < -0.39 is 0 Å². The van der Waals surface area contributed by atoms with Crippen LogP contribution in [-0.4, -0.2) is 60.7 Å². The third-order valence-electron chi connectivity index (χ3n) is 4.94. The molecule has 1 fully saturated rings. The lowest BCUT2D eigenvalue weighted by Crippen LogP contribution is -2.52. The molecule has 1 aromatic carbocycles. The van der Waals surface area contributed by atoms with Crippen molar-refractivity contribution in [3.8, 4) is 5.75 Å². The first-order valence-electron chi connectivity index (χ1n) is 9.91. The third kappa shape index (κ3) is 5.25. The molecule has 0 saturated carbocycles. The van der Waals surface area contributed by atoms with Crippen LogP contribution in [0.15, 0.2) is 33.8 Å². The fraction of sp³-hybridized carbons (Fsp3) is 0.524. The number of aryl methyl sites for hydroxylation is 2. The molecule has 1 aliphatic heterocycles. The zero-order chi connectivity index (χ0) is 19.9. The fourth-order valence-electron chi connectivity index (χ4n) is 3.49. The van der Waals surface area contributed by atoms with E-state index in [1.807, 2.05) is 33.0 Å². The van der Waals surface area contributed by atoms with E-state index in [2.05, 4.69) is 44.3 Å². The topological polar surface area (TPSA) is 66.1 Å². The van der Waals surface area contributed by atoms with Crippen molar-refractivity contribution in [3.05, 3.63) is 46.8 Å². The molecule has 0 aliphatic carbocycles. The van der Waals surface area contributed by atoms with E-state index in [1.54, 1.807) is 0 Å². The minimum Gasteiger partial charge on any atom is -0.494 e. The molecule has 28 heavy (non-hydrogen) atoms. The van der Waals surface area contributed by atoms with Crippen LogP contribution >= 0.6 is 0 Å². The number of piperazine rings is 1. The lowest BCUT2D eigenvalue weighted by molar-refractivity contribution is 0.169.